The molecule has 0 radical (unpaired) electrons. The Labute approximate surface area is 117 Å². The SMILES string of the molecule is COC(=O)c1cc(Cl)c(OCCBr)c(Cl)c1O. The fourth-order valence-electron chi connectivity index (χ4n) is 1.13. The molecule has 0 saturated heterocycles. The minimum absolute atomic E-state index is 0.103. The predicted molar refractivity (Wildman–Crippen MR) is 68.8 cm³/mol. The highest BCUT2D eigenvalue weighted by atomic mass is 79.9. The van der Waals surface area contributed by atoms with Gasteiger partial charge >= 0.3 is 5.97 Å². The number of phenolic OH excluding ortho intramolecular Hbond substituents is 1. The first-order valence-electron chi connectivity index (χ1n) is 4.51. The molecule has 0 saturated carbocycles. The van der Waals surface area contributed by atoms with E-state index in [0.717, 1.165) is 0 Å². The summed E-state index contributed by atoms with van der Waals surface area (Å²) in [7, 11) is 1.19. The Morgan fingerprint density at radius 1 is 1.53 bits per heavy atom. The number of methoxy groups -OCH3 is 1. The third-order valence-electron chi connectivity index (χ3n) is 1.88. The molecule has 1 aromatic rings. The largest absolute Gasteiger partial charge is 0.505 e. The average molecular weight is 344 g/mol. The van der Waals surface area contributed by atoms with E-state index in [9.17, 15) is 9.90 Å². The molecule has 0 heterocycles. The number of hydrogen-bond acceptors (Lipinski definition) is 4. The Balaban J connectivity index is 3.21. The highest BCUT2D eigenvalue weighted by molar-refractivity contribution is 9.09. The lowest BCUT2D eigenvalue weighted by molar-refractivity contribution is 0.0597. The summed E-state index contributed by atoms with van der Waals surface area (Å²) >= 11 is 14.9. The van der Waals surface area contributed by atoms with Gasteiger partial charge in [-0.3, -0.25) is 0 Å². The van der Waals surface area contributed by atoms with E-state index in [-0.39, 0.29) is 21.4 Å². The van der Waals surface area contributed by atoms with Crippen LogP contribution in [-0.2, 0) is 4.74 Å². The Morgan fingerprint density at radius 2 is 2.18 bits per heavy atom. The monoisotopic (exact) mass is 342 g/mol. The van der Waals surface area contributed by atoms with Crippen molar-refractivity contribution in [2.75, 3.05) is 19.0 Å². The molecule has 4 nitrogen and oxygen atoms in total. The van der Waals surface area contributed by atoms with Crippen LogP contribution in [0.15, 0.2) is 6.07 Å². The van der Waals surface area contributed by atoms with Gasteiger partial charge in [-0.25, -0.2) is 4.79 Å². The third-order valence-corrected chi connectivity index (χ3v) is 2.83. The van der Waals surface area contributed by atoms with Gasteiger partial charge in [-0.2, -0.15) is 0 Å². The maximum atomic E-state index is 11.3. The highest BCUT2D eigenvalue weighted by Crippen LogP contribution is 2.42. The van der Waals surface area contributed by atoms with Crippen molar-refractivity contribution >= 4 is 45.1 Å². The summed E-state index contributed by atoms with van der Waals surface area (Å²) in [5.41, 5.74) is -0.103. The molecule has 7 heteroatoms. The van der Waals surface area contributed by atoms with Crippen LogP contribution in [0.4, 0.5) is 0 Å². The van der Waals surface area contributed by atoms with Crippen molar-refractivity contribution in [3.8, 4) is 11.5 Å². The molecular formula is C10H9BrCl2O4. The van der Waals surface area contributed by atoms with Crippen molar-refractivity contribution < 1.29 is 19.4 Å². The number of aromatic hydroxyl groups is 1. The minimum atomic E-state index is -0.724. The molecule has 0 amide bonds. The first-order valence-corrected chi connectivity index (χ1v) is 6.38. The third kappa shape index (κ3) is 3.18. The number of alkyl halides is 1. The number of hydrogen-bond donors (Lipinski definition) is 1. The van der Waals surface area contributed by atoms with Gasteiger partial charge < -0.3 is 14.6 Å². The van der Waals surface area contributed by atoms with E-state index in [1.54, 1.807) is 0 Å². The Bertz CT molecular complexity index is 437. The van der Waals surface area contributed by atoms with Crippen molar-refractivity contribution in [3.05, 3.63) is 21.7 Å². The lowest BCUT2D eigenvalue weighted by Gasteiger charge is -2.12. The van der Waals surface area contributed by atoms with Gasteiger partial charge in [0.15, 0.2) is 11.5 Å². The molecule has 0 atom stereocenters. The molecule has 0 aromatic heterocycles. The van der Waals surface area contributed by atoms with Crippen molar-refractivity contribution in [3.63, 3.8) is 0 Å². The molecule has 1 N–H and O–H groups in total. The second-order valence-corrected chi connectivity index (χ2v) is 4.50. The predicted octanol–water partition coefficient (Wildman–Crippen LogP) is 3.26. The summed E-state index contributed by atoms with van der Waals surface area (Å²) in [6.07, 6.45) is 0. The summed E-state index contributed by atoms with van der Waals surface area (Å²) < 4.78 is 9.73. The Hall–Kier alpha value is -0.650. The molecule has 0 aliphatic heterocycles. The number of halogens is 3. The van der Waals surface area contributed by atoms with Gasteiger partial charge in [0.2, 0.25) is 0 Å². The zero-order chi connectivity index (χ0) is 13.0. The molecule has 0 unspecified atom stereocenters. The Morgan fingerprint density at radius 3 is 2.71 bits per heavy atom. The van der Waals surface area contributed by atoms with Crippen molar-refractivity contribution in [1.82, 2.24) is 0 Å². The standard InChI is InChI=1S/C10H9BrCl2O4/c1-16-10(15)5-4-6(12)9(17-3-2-11)7(13)8(5)14/h4,14H,2-3H2,1H3. The first kappa shape index (κ1) is 14.4. The van der Waals surface area contributed by atoms with Crippen LogP contribution in [0, 0.1) is 0 Å². The minimum Gasteiger partial charge on any atom is -0.505 e. The zero-order valence-corrected chi connectivity index (χ0v) is 11.9. The van der Waals surface area contributed by atoms with E-state index in [0.29, 0.717) is 11.9 Å². The first-order chi connectivity index (χ1) is 8.02. The number of carbonyl (C=O) groups is 1. The maximum Gasteiger partial charge on any atom is 0.341 e. The van der Waals surface area contributed by atoms with Gasteiger partial charge in [-0.15, -0.1) is 0 Å². The molecular weight excluding hydrogens is 335 g/mol. The summed E-state index contributed by atoms with van der Waals surface area (Å²) in [4.78, 5) is 11.3. The lowest BCUT2D eigenvalue weighted by Crippen LogP contribution is -2.04. The topological polar surface area (TPSA) is 55.8 Å². The summed E-state index contributed by atoms with van der Waals surface area (Å²) in [6, 6.07) is 1.25. The highest BCUT2D eigenvalue weighted by Gasteiger charge is 2.21. The van der Waals surface area contributed by atoms with E-state index in [1.807, 2.05) is 0 Å². The van der Waals surface area contributed by atoms with E-state index >= 15 is 0 Å². The van der Waals surface area contributed by atoms with Crippen LogP contribution in [-0.4, -0.2) is 30.1 Å². The van der Waals surface area contributed by atoms with E-state index in [2.05, 4.69) is 20.7 Å². The fourth-order valence-corrected chi connectivity index (χ4v) is 1.86. The number of ether oxygens (including phenoxy) is 2. The van der Waals surface area contributed by atoms with Crippen molar-refractivity contribution in [1.29, 1.82) is 0 Å². The lowest BCUT2D eigenvalue weighted by atomic mass is 10.2. The summed E-state index contributed by atoms with van der Waals surface area (Å²) in [6.45, 7) is 0.330. The molecule has 0 aliphatic carbocycles. The molecule has 1 aromatic carbocycles. The molecule has 17 heavy (non-hydrogen) atoms. The molecule has 0 spiro atoms. The number of benzene rings is 1. The number of phenols is 1. The van der Waals surface area contributed by atoms with Crippen LogP contribution in [0.2, 0.25) is 10.0 Å². The van der Waals surface area contributed by atoms with E-state index in [1.165, 1.54) is 13.2 Å². The molecule has 0 fully saturated rings. The fraction of sp³-hybridized carbons (Fsp3) is 0.300. The zero-order valence-electron chi connectivity index (χ0n) is 8.80. The summed E-state index contributed by atoms with van der Waals surface area (Å²) in [5, 5.41) is 10.3. The number of rotatable bonds is 4. The van der Waals surface area contributed by atoms with Crippen LogP contribution in [0.1, 0.15) is 10.4 Å². The van der Waals surface area contributed by atoms with Crippen LogP contribution in [0.3, 0.4) is 0 Å². The van der Waals surface area contributed by atoms with Crippen LogP contribution in [0.5, 0.6) is 11.5 Å². The molecule has 94 valence electrons. The summed E-state index contributed by atoms with van der Waals surface area (Å²) in [5.74, 6) is -0.997. The van der Waals surface area contributed by atoms with Gasteiger partial charge in [0.25, 0.3) is 0 Å². The molecule has 0 bridgehead atoms. The molecule has 0 aliphatic rings. The second-order valence-electron chi connectivity index (χ2n) is 2.93. The van der Waals surface area contributed by atoms with E-state index in [4.69, 9.17) is 27.9 Å². The van der Waals surface area contributed by atoms with Crippen molar-refractivity contribution in [2.45, 2.75) is 0 Å². The number of esters is 1. The average Bonchev–Trinajstić information content (AvgIpc) is 2.32. The van der Waals surface area contributed by atoms with Crippen LogP contribution >= 0.6 is 39.1 Å². The van der Waals surface area contributed by atoms with Gasteiger partial charge in [0.1, 0.15) is 10.6 Å². The second kappa shape index (κ2) is 6.33. The van der Waals surface area contributed by atoms with E-state index < -0.39 is 11.7 Å². The van der Waals surface area contributed by atoms with Crippen LogP contribution in [0.25, 0.3) is 0 Å². The van der Waals surface area contributed by atoms with Crippen LogP contribution < -0.4 is 4.74 Å². The van der Waals surface area contributed by atoms with Gasteiger partial charge in [0, 0.05) is 5.33 Å². The quantitative estimate of drug-likeness (QED) is 0.673. The van der Waals surface area contributed by atoms with Crippen molar-refractivity contribution in [2.24, 2.45) is 0 Å². The maximum absolute atomic E-state index is 11.3. The normalized spacial score (nSPS) is 10.1. The molecule has 1 rings (SSSR count). The van der Waals surface area contributed by atoms with Gasteiger partial charge in [0.05, 0.1) is 18.7 Å². The van der Waals surface area contributed by atoms with Gasteiger partial charge in [-0.05, 0) is 6.07 Å². The smallest absolute Gasteiger partial charge is 0.341 e. The van der Waals surface area contributed by atoms with Gasteiger partial charge in [-0.1, -0.05) is 39.1 Å². The Kier molecular flexibility index (Phi) is 5.36. The number of carbonyl (C=O) groups excluding carboxylic acids is 1.